The van der Waals surface area contributed by atoms with Gasteiger partial charge in [-0.1, -0.05) is 18.5 Å². The van der Waals surface area contributed by atoms with E-state index in [0.29, 0.717) is 11.6 Å². The number of ketones is 1. The van der Waals surface area contributed by atoms with Gasteiger partial charge in [-0.3, -0.25) is 4.79 Å². The molecule has 0 heterocycles. The molecule has 0 aliphatic carbocycles. The molecule has 0 aromatic heterocycles. The number of benzene rings is 1. The quantitative estimate of drug-likeness (QED) is 0.775. The van der Waals surface area contributed by atoms with E-state index < -0.39 is 0 Å². The molecule has 1 aromatic carbocycles. The lowest BCUT2D eigenvalue weighted by Crippen LogP contribution is -2.23. The third-order valence-electron chi connectivity index (χ3n) is 2.09. The van der Waals surface area contributed by atoms with Crippen molar-refractivity contribution in [3.05, 3.63) is 34.9 Å². The van der Waals surface area contributed by atoms with Crippen LogP contribution in [0.3, 0.4) is 0 Å². The van der Waals surface area contributed by atoms with Crippen molar-refractivity contribution in [3.63, 3.8) is 0 Å². The molecule has 1 unspecified atom stereocenters. The smallest absolute Gasteiger partial charge is 0.166 e. The number of carbonyl (C=O) groups is 1. The van der Waals surface area contributed by atoms with Crippen LogP contribution >= 0.6 is 11.6 Å². The largest absolute Gasteiger partial charge is 0.319 e. The molecule has 0 aliphatic heterocycles. The summed E-state index contributed by atoms with van der Waals surface area (Å²) < 4.78 is 0. The predicted molar refractivity (Wildman–Crippen MR) is 58.9 cm³/mol. The van der Waals surface area contributed by atoms with Crippen molar-refractivity contribution in [3.8, 4) is 0 Å². The van der Waals surface area contributed by atoms with E-state index >= 15 is 0 Å². The van der Waals surface area contributed by atoms with Crippen LogP contribution in [0.15, 0.2) is 24.3 Å². The Morgan fingerprint density at radius 2 is 2.00 bits per heavy atom. The van der Waals surface area contributed by atoms with Gasteiger partial charge in [0, 0.05) is 23.0 Å². The first kappa shape index (κ1) is 11.2. The highest BCUT2D eigenvalue weighted by Gasteiger charge is 2.13. The van der Waals surface area contributed by atoms with Crippen LogP contribution in [0.4, 0.5) is 0 Å². The van der Waals surface area contributed by atoms with Gasteiger partial charge >= 0.3 is 0 Å². The van der Waals surface area contributed by atoms with Crippen LogP contribution in [-0.2, 0) is 0 Å². The summed E-state index contributed by atoms with van der Waals surface area (Å²) >= 11 is 5.73. The summed E-state index contributed by atoms with van der Waals surface area (Å²) in [5, 5.41) is 3.64. The van der Waals surface area contributed by atoms with Crippen molar-refractivity contribution >= 4 is 17.4 Å². The number of halogens is 1. The van der Waals surface area contributed by atoms with E-state index in [1.54, 1.807) is 24.3 Å². The molecule has 0 saturated carbocycles. The Hall–Kier alpha value is -0.860. The van der Waals surface area contributed by atoms with Gasteiger partial charge in [0.25, 0.3) is 0 Å². The molecular weight excluding hydrogens is 198 g/mol. The molecule has 0 aliphatic rings. The lowest BCUT2D eigenvalue weighted by molar-refractivity contribution is 0.0930. The van der Waals surface area contributed by atoms with E-state index in [2.05, 4.69) is 5.32 Å². The van der Waals surface area contributed by atoms with Crippen LogP contribution in [0.5, 0.6) is 0 Å². The van der Waals surface area contributed by atoms with Gasteiger partial charge in [-0.2, -0.15) is 0 Å². The average molecular weight is 212 g/mol. The fourth-order valence-corrected chi connectivity index (χ4v) is 1.42. The summed E-state index contributed by atoms with van der Waals surface area (Å²) in [7, 11) is 1.84. The maximum atomic E-state index is 11.8. The summed E-state index contributed by atoms with van der Waals surface area (Å²) in [6.45, 7) is 2.61. The van der Waals surface area contributed by atoms with Gasteiger partial charge in [0.15, 0.2) is 5.78 Å². The molecule has 1 N–H and O–H groups in total. The molecule has 1 rings (SSSR count). The lowest BCUT2D eigenvalue weighted by Gasteiger charge is -2.09. The monoisotopic (exact) mass is 211 g/mol. The molecule has 0 saturated heterocycles. The van der Waals surface area contributed by atoms with Gasteiger partial charge in [0.2, 0.25) is 0 Å². The molecular formula is C11H14ClNO. The van der Waals surface area contributed by atoms with Crippen LogP contribution in [-0.4, -0.2) is 19.4 Å². The van der Waals surface area contributed by atoms with Crippen molar-refractivity contribution in [2.24, 2.45) is 5.92 Å². The fourth-order valence-electron chi connectivity index (χ4n) is 1.30. The van der Waals surface area contributed by atoms with Gasteiger partial charge in [0.1, 0.15) is 0 Å². The van der Waals surface area contributed by atoms with Crippen LogP contribution < -0.4 is 5.32 Å². The van der Waals surface area contributed by atoms with Gasteiger partial charge in [-0.15, -0.1) is 0 Å². The summed E-state index contributed by atoms with van der Waals surface area (Å²) in [5.41, 5.74) is 0.720. The second-order valence-corrected chi connectivity index (χ2v) is 3.77. The molecule has 14 heavy (non-hydrogen) atoms. The zero-order valence-corrected chi connectivity index (χ0v) is 9.14. The average Bonchev–Trinajstić information content (AvgIpc) is 2.18. The lowest BCUT2D eigenvalue weighted by atomic mass is 9.99. The van der Waals surface area contributed by atoms with E-state index in [4.69, 9.17) is 11.6 Å². The predicted octanol–water partition coefficient (Wildman–Crippen LogP) is 2.38. The number of rotatable bonds is 4. The van der Waals surface area contributed by atoms with Crippen LogP contribution in [0.1, 0.15) is 17.3 Å². The maximum Gasteiger partial charge on any atom is 0.166 e. The molecule has 0 amide bonds. The summed E-state index contributed by atoms with van der Waals surface area (Å²) in [6, 6.07) is 7.00. The van der Waals surface area contributed by atoms with Crippen molar-refractivity contribution in [2.45, 2.75) is 6.92 Å². The highest BCUT2D eigenvalue weighted by molar-refractivity contribution is 6.30. The Morgan fingerprint density at radius 3 is 2.50 bits per heavy atom. The number of hydrogen-bond donors (Lipinski definition) is 1. The zero-order chi connectivity index (χ0) is 10.6. The summed E-state index contributed by atoms with van der Waals surface area (Å²) in [4.78, 5) is 11.8. The first-order valence-corrected chi connectivity index (χ1v) is 4.97. The molecule has 0 bridgehead atoms. The van der Waals surface area contributed by atoms with E-state index in [9.17, 15) is 4.79 Å². The van der Waals surface area contributed by atoms with Crippen LogP contribution in [0.2, 0.25) is 5.02 Å². The zero-order valence-electron chi connectivity index (χ0n) is 8.38. The molecule has 76 valence electrons. The minimum Gasteiger partial charge on any atom is -0.319 e. The number of nitrogens with one attached hydrogen (secondary N) is 1. The molecule has 3 heteroatoms. The topological polar surface area (TPSA) is 29.1 Å². The Labute approximate surface area is 89.3 Å². The summed E-state index contributed by atoms with van der Waals surface area (Å²) in [5.74, 6) is 0.150. The third-order valence-corrected chi connectivity index (χ3v) is 2.34. The standard InChI is InChI=1S/C11H14ClNO/c1-8(7-13-2)11(14)9-3-5-10(12)6-4-9/h3-6,8,13H,7H2,1-2H3. The molecule has 1 aromatic rings. The van der Waals surface area contributed by atoms with E-state index in [1.807, 2.05) is 14.0 Å². The van der Waals surface area contributed by atoms with E-state index in [0.717, 1.165) is 5.56 Å². The van der Waals surface area contributed by atoms with E-state index in [1.165, 1.54) is 0 Å². The second kappa shape index (κ2) is 5.13. The highest BCUT2D eigenvalue weighted by atomic mass is 35.5. The highest BCUT2D eigenvalue weighted by Crippen LogP contribution is 2.13. The normalized spacial score (nSPS) is 12.5. The van der Waals surface area contributed by atoms with Gasteiger partial charge in [-0.25, -0.2) is 0 Å². The van der Waals surface area contributed by atoms with Crippen molar-refractivity contribution in [1.29, 1.82) is 0 Å². The third kappa shape index (κ3) is 2.82. The molecule has 2 nitrogen and oxygen atoms in total. The van der Waals surface area contributed by atoms with Gasteiger partial charge in [-0.05, 0) is 31.3 Å². The number of hydrogen-bond acceptors (Lipinski definition) is 2. The minimum atomic E-state index is 0.00109. The van der Waals surface area contributed by atoms with Crippen molar-refractivity contribution in [2.75, 3.05) is 13.6 Å². The van der Waals surface area contributed by atoms with Crippen molar-refractivity contribution < 1.29 is 4.79 Å². The Bertz CT molecular complexity index is 308. The minimum absolute atomic E-state index is 0.00109. The molecule has 1 atom stereocenters. The molecule has 0 fully saturated rings. The van der Waals surface area contributed by atoms with Crippen LogP contribution in [0.25, 0.3) is 0 Å². The summed E-state index contributed by atoms with van der Waals surface area (Å²) in [6.07, 6.45) is 0. The Balaban J connectivity index is 2.74. The maximum absolute atomic E-state index is 11.8. The SMILES string of the molecule is CNCC(C)C(=O)c1ccc(Cl)cc1. The Kier molecular flexibility index (Phi) is 4.11. The number of Topliss-reactive ketones (excluding diaryl/α,β-unsaturated/α-hetero) is 1. The Morgan fingerprint density at radius 1 is 1.43 bits per heavy atom. The first-order valence-electron chi connectivity index (χ1n) is 4.59. The van der Waals surface area contributed by atoms with E-state index in [-0.39, 0.29) is 11.7 Å². The van der Waals surface area contributed by atoms with Crippen LogP contribution in [0, 0.1) is 5.92 Å². The number of carbonyl (C=O) groups excluding carboxylic acids is 1. The fraction of sp³-hybridized carbons (Fsp3) is 0.364. The molecule has 0 spiro atoms. The van der Waals surface area contributed by atoms with Gasteiger partial charge in [0.05, 0.1) is 0 Å². The molecule has 0 radical (unpaired) electrons. The van der Waals surface area contributed by atoms with Gasteiger partial charge < -0.3 is 5.32 Å². The first-order chi connectivity index (χ1) is 6.65. The second-order valence-electron chi connectivity index (χ2n) is 3.33. The van der Waals surface area contributed by atoms with Crippen molar-refractivity contribution in [1.82, 2.24) is 5.32 Å².